The van der Waals surface area contributed by atoms with Crippen LogP contribution in [-0.2, 0) is 14.3 Å². The largest absolute Gasteiger partial charge is 0.480 e. The van der Waals surface area contributed by atoms with E-state index in [-0.39, 0.29) is 30.9 Å². The van der Waals surface area contributed by atoms with Gasteiger partial charge < -0.3 is 20.1 Å². The molecule has 0 radical (unpaired) electrons. The number of amides is 2. The van der Waals surface area contributed by atoms with Crippen molar-refractivity contribution < 1.29 is 24.2 Å². The predicted molar refractivity (Wildman–Crippen MR) is 132 cm³/mol. The lowest BCUT2D eigenvalue weighted by Gasteiger charge is -2.34. The van der Waals surface area contributed by atoms with Crippen molar-refractivity contribution in [1.82, 2.24) is 15.1 Å². The fourth-order valence-corrected chi connectivity index (χ4v) is 4.88. The minimum Gasteiger partial charge on any atom is -0.480 e. The Hall–Kier alpha value is -3.39. The van der Waals surface area contributed by atoms with Crippen molar-refractivity contribution in [3.8, 4) is 11.1 Å². The molecule has 35 heavy (non-hydrogen) atoms. The molecule has 1 aliphatic heterocycles. The Morgan fingerprint density at radius 3 is 2.20 bits per heavy atom. The van der Waals surface area contributed by atoms with Gasteiger partial charge in [0.1, 0.15) is 6.61 Å². The molecule has 1 aliphatic carbocycles. The summed E-state index contributed by atoms with van der Waals surface area (Å²) in [6.45, 7) is 5.00. The lowest BCUT2D eigenvalue weighted by Crippen LogP contribution is -2.49. The van der Waals surface area contributed by atoms with Crippen molar-refractivity contribution in [3.05, 3.63) is 59.7 Å². The number of nitrogens with one attached hydrogen (secondary N) is 1. The molecule has 1 unspecified atom stereocenters. The lowest BCUT2D eigenvalue weighted by molar-refractivity contribution is -0.139. The number of benzene rings is 2. The van der Waals surface area contributed by atoms with Gasteiger partial charge in [-0.25, -0.2) is 4.79 Å². The van der Waals surface area contributed by atoms with Crippen molar-refractivity contribution in [3.63, 3.8) is 0 Å². The highest BCUT2D eigenvalue weighted by Gasteiger charge is 2.29. The highest BCUT2D eigenvalue weighted by Crippen LogP contribution is 2.44. The first-order valence-electron chi connectivity index (χ1n) is 12.2. The summed E-state index contributed by atoms with van der Waals surface area (Å²) >= 11 is 0. The topological polar surface area (TPSA) is 99.2 Å². The van der Waals surface area contributed by atoms with Crippen LogP contribution in [0.25, 0.3) is 11.1 Å². The van der Waals surface area contributed by atoms with Crippen molar-refractivity contribution in [1.29, 1.82) is 0 Å². The van der Waals surface area contributed by atoms with Gasteiger partial charge in [0, 0.05) is 45.1 Å². The highest BCUT2D eigenvalue weighted by molar-refractivity contribution is 5.79. The van der Waals surface area contributed by atoms with E-state index in [1.54, 1.807) is 4.90 Å². The van der Waals surface area contributed by atoms with E-state index in [2.05, 4.69) is 29.6 Å². The molecule has 1 saturated heterocycles. The number of alkyl carbamates (subject to hydrolysis) is 1. The molecule has 2 N–H and O–H groups in total. The maximum atomic E-state index is 12.5. The number of carboxylic acids is 1. The number of rotatable bonds is 9. The second-order valence-electron chi connectivity index (χ2n) is 9.40. The van der Waals surface area contributed by atoms with Gasteiger partial charge in [-0.2, -0.15) is 0 Å². The van der Waals surface area contributed by atoms with Gasteiger partial charge in [-0.3, -0.25) is 14.5 Å². The molecule has 1 fully saturated rings. The van der Waals surface area contributed by atoms with Crippen LogP contribution < -0.4 is 5.32 Å². The summed E-state index contributed by atoms with van der Waals surface area (Å²) in [5.41, 5.74) is 4.74. The van der Waals surface area contributed by atoms with Crippen molar-refractivity contribution >= 4 is 18.0 Å². The number of fused-ring (bicyclic) bond motifs is 3. The van der Waals surface area contributed by atoms with Crippen molar-refractivity contribution in [2.24, 2.45) is 5.92 Å². The standard InChI is InChI=1S/C27H33N3O5/c1-19(10-11-25(31)30-14-12-29(13-15-30)17-26(32)33)16-28-27(34)35-18-24-22-8-4-2-6-20(22)21-7-3-5-9-23(21)24/h2-9,19,24H,10-18H2,1H3,(H,28,34)(H,32,33). The predicted octanol–water partition coefficient (Wildman–Crippen LogP) is 3.17. The van der Waals surface area contributed by atoms with Crippen LogP contribution in [0.3, 0.4) is 0 Å². The molecule has 186 valence electrons. The van der Waals surface area contributed by atoms with Gasteiger partial charge >= 0.3 is 12.1 Å². The number of ether oxygens (including phenoxy) is 1. The number of aliphatic carboxylic acids is 1. The van der Waals surface area contributed by atoms with Gasteiger partial charge in [-0.05, 0) is 34.6 Å². The smallest absolute Gasteiger partial charge is 0.407 e. The van der Waals surface area contributed by atoms with E-state index in [1.165, 1.54) is 22.3 Å². The zero-order chi connectivity index (χ0) is 24.8. The van der Waals surface area contributed by atoms with Gasteiger partial charge in [0.05, 0.1) is 6.54 Å². The molecule has 0 aromatic heterocycles. The zero-order valence-electron chi connectivity index (χ0n) is 20.1. The summed E-state index contributed by atoms with van der Waals surface area (Å²) < 4.78 is 5.58. The zero-order valence-corrected chi connectivity index (χ0v) is 20.1. The third-order valence-electron chi connectivity index (χ3n) is 6.87. The number of carboxylic acid groups (broad SMARTS) is 1. The first-order chi connectivity index (χ1) is 16.9. The molecule has 8 heteroatoms. The molecule has 2 amide bonds. The van der Waals surface area contributed by atoms with Crippen LogP contribution in [0.15, 0.2) is 48.5 Å². The summed E-state index contributed by atoms with van der Waals surface area (Å²) in [4.78, 5) is 39.3. The monoisotopic (exact) mass is 479 g/mol. The SMILES string of the molecule is CC(CCC(=O)N1CCN(CC(=O)O)CC1)CNC(=O)OCC1c2ccccc2-c2ccccc21. The number of carbonyl (C=O) groups is 3. The van der Waals surface area contributed by atoms with Gasteiger partial charge in [0.15, 0.2) is 0 Å². The summed E-state index contributed by atoms with van der Waals surface area (Å²) in [5.74, 6) is -0.609. The molecule has 2 aromatic carbocycles. The van der Waals surface area contributed by atoms with E-state index in [1.807, 2.05) is 36.1 Å². The van der Waals surface area contributed by atoms with Crippen LogP contribution in [0.5, 0.6) is 0 Å². The van der Waals surface area contributed by atoms with Gasteiger partial charge in [0.25, 0.3) is 0 Å². The summed E-state index contributed by atoms with van der Waals surface area (Å²) in [6.07, 6.45) is 0.629. The maximum absolute atomic E-state index is 12.5. The highest BCUT2D eigenvalue weighted by atomic mass is 16.5. The van der Waals surface area contributed by atoms with E-state index >= 15 is 0 Å². The third-order valence-corrected chi connectivity index (χ3v) is 6.87. The second-order valence-corrected chi connectivity index (χ2v) is 9.40. The average molecular weight is 480 g/mol. The van der Waals surface area contributed by atoms with Crippen LogP contribution in [0.1, 0.15) is 36.8 Å². The molecular formula is C27H33N3O5. The van der Waals surface area contributed by atoms with E-state index in [0.29, 0.717) is 45.6 Å². The van der Waals surface area contributed by atoms with E-state index in [9.17, 15) is 14.4 Å². The molecule has 4 rings (SSSR count). The van der Waals surface area contributed by atoms with Crippen molar-refractivity contribution in [2.75, 3.05) is 45.9 Å². The summed E-state index contributed by atoms with van der Waals surface area (Å²) in [7, 11) is 0. The Labute approximate surface area is 205 Å². The number of hydrogen-bond acceptors (Lipinski definition) is 5. The Kier molecular flexibility index (Phi) is 8.02. The minimum absolute atomic E-state index is 0.0145. The molecule has 8 nitrogen and oxygen atoms in total. The Morgan fingerprint density at radius 1 is 1.00 bits per heavy atom. The second kappa shape index (κ2) is 11.4. The molecule has 0 saturated carbocycles. The molecular weight excluding hydrogens is 446 g/mol. The quantitative estimate of drug-likeness (QED) is 0.573. The first kappa shape index (κ1) is 24.7. The Balaban J connectivity index is 1.17. The van der Waals surface area contributed by atoms with E-state index < -0.39 is 12.1 Å². The van der Waals surface area contributed by atoms with Crippen LogP contribution >= 0.6 is 0 Å². The molecule has 2 aromatic rings. The number of hydrogen-bond donors (Lipinski definition) is 2. The van der Waals surface area contributed by atoms with Crippen LogP contribution in [0, 0.1) is 5.92 Å². The average Bonchev–Trinajstić information content (AvgIpc) is 3.18. The van der Waals surface area contributed by atoms with Crippen LogP contribution in [0.4, 0.5) is 4.79 Å². The van der Waals surface area contributed by atoms with Gasteiger partial charge in [-0.1, -0.05) is 55.5 Å². The third kappa shape index (κ3) is 6.19. The van der Waals surface area contributed by atoms with Crippen molar-refractivity contribution in [2.45, 2.75) is 25.7 Å². The molecule has 2 aliphatic rings. The Morgan fingerprint density at radius 2 is 1.60 bits per heavy atom. The fraction of sp³-hybridized carbons (Fsp3) is 0.444. The van der Waals surface area contributed by atoms with Crippen LogP contribution in [0.2, 0.25) is 0 Å². The van der Waals surface area contributed by atoms with Crippen LogP contribution in [-0.4, -0.2) is 78.8 Å². The Bertz CT molecular complexity index is 1020. The first-order valence-corrected chi connectivity index (χ1v) is 12.2. The minimum atomic E-state index is -0.845. The number of nitrogens with zero attached hydrogens (tertiary/aromatic N) is 2. The van der Waals surface area contributed by atoms with E-state index in [4.69, 9.17) is 9.84 Å². The number of piperazine rings is 1. The maximum Gasteiger partial charge on any atom is 0.407 e. The fourth-order valence-electron chi connectivity index (χ4n) is 4.88. The molecule has 0 spiro atoms. The normalized spacial score (nSPS) is 16.3. The number of carbonyl (C=O) groups excluding carboxylic acids is 2. The van der Waals surface area contributed by atoms with Gasteiger partial charge in [0.2, 0.25) is 5.91 Å². The lowest BCUT2D eigenvalue weighted by atomic mass is 9.98. The molecule has 1 atom stereocenters. The summed E-state index contributed by atoms with van der Waals surface area (Å²) in [6, 6.07) is 16.5. The molecule has 1 heterocycles. The van der Waals surface area contributed by atoms with E-state index in [0.717, 1.165) is 0 Å². The van der Waals surface area contributed by atoms with Gasteiger partial charge in [-0.15, -0.1) is 0 Å². The molecule has 0 bridgehead atoms. The summed E-state index contributed by atoms with van der Waals surface area (Å²) in [5, 5.41) is 11.7.